The summed E-state index contributed by atoms with van der Waals surface area (Å²) in [6, 6.07) is 54.9. The first kappa shape index (κ1) is 32.0. The third-order valence-corrected chi connectivity index (χ3v) is 10.4. The highest BCUT2D eigenvalue weighted by molar-refractivity contribution is 5.92. The molecule has 0 radical (unpaired) electrons. The highest BCUT2D eigenvalue weighted by atomic mass is 14.9. The number of hydrogen-bond acceptors (Lipinski definition) is 3. The third kappa shape index (κ3) is 5.79. The summed E-state index contributed by atoms with van der Waals surface area (Å²) in [6.45, 7) is 12.4. The van der Waals surface area contributed by atoms with Gasteiger partial charge in [-0.3, -0.25) is 4.98 Å². The molecule has 0 atom stereocenters. The molecule has 6 aromatic carbocycles. The van der Waals surface area contributed by atoms with Crippen molar-refractivity contribution in [3.8, 4) is 78.4 Å². The Morgan fingerprint density at radius 1 is 0.453 bits per heavy atom. The zero-order valence-corrected chi connectivity index (χ0v) is 29.5. The van der Waals surface area contributed by atoms with Crippen molar-refractivity contribution in [3.63, 3.8) is 0 Å². The maximum absolute atomic E-state index is 7.87. The molecular formula is C49H34N4. The van der Waals surface area contributed by atoms with Gasteiger partial charge in [-0.25, -0.2) is 14.8 Å². The van der Waals surface area contributed by atoms with Crippen LogP contribution in [0.3, 0.4) is 0 Å². The Kier molecular flexibility index (Phi) is 7.83. The van der Waals surface area contributed by atoms with Crippen molar-refractivity contribution < 1.29 is 0 Å². The largest absolute Gasteiger partial charge is 0.265 e. The molecule has 0 N–H and O–H groups in total. The van der Waals surface area contributed by atoms with E-state index in [1.807, 2.05) is 60.9 Å². The molecule has 0 unspecified atom stereocenters. The molecule has 0 spiro atoms. The van der Waals surface area contributed by atoms with Crippen LogP contribution in [0.4, 0.5) is 5.69 Å². The van der Waals surface area contributed by atoms with Crippen LogP contribution in [-0.4, -0.2) is 15.0 Å². The fraction of sp³-hybridized carbons (Fsp3) is 0.0612. The van der Waals surface area contributed by atoms with Crippen LogP contribution in [0.15, 0.2) is 170 Å². The fourth-order valence-electron chi connectivity index (χ4n) is 7.62. The summed E-state index contributed by atoms with van der Waals surface area (Å²) in [4.78, 5) is 18.5. The fourth-order valence-corrected chi connectivity index (χ4v) is 7.62. The minimum atomic E-state index is -0.241. The van der Waals surface area contributed by atoms with Gasteiger partial charge < -0.3 is 0 Å². The van der Waals surface area contributed by atoms with Crippen molar-refractivity contribution in [2.24, 2.45) is 0 Å². The molecule has 0 amide bonds. The molecule has 0 fully saturated rings. The molecule has 250 valence electrons. The van der Waals surface area contributed by atoms with Gasteiger partial charge in [0.05, 0.1) is 18.0 Å². The third-order valence-electron chi connectivity index (χ3n) is 10.4. The smallest absolute Gasteiger partial charge is 0.195 e. The van der Waals surface area contributed by atoms with E-state index in [-0.39, 0.29) is 5.41 Å². The summed E-state index contributed by atoms with van der Waals surface area (Å²) in [5.74, 6) is 0.675. The monoisotopic (exact) mass is 678 g/mol. The number of fused-ring (bicyclic) bond motifs is 3. The topological polar surface area (TPSA) is 43.0 Å². The van der Waals surface area contributed by atoms with Gasteiger partial charge in [0, 0.05) is 34.5 Å². The van der Waals surface area contributed by atoms with E-state index in [2.05, 4.69) is 133 Å². The average molecular weight is 679 g/mol. The van der Waals surface area contributed by atoms with Crippen LogP contribution >= 0.6 is 0 Å². The lowest BCUT2D eigenvalue weighted by Gasteiger charge is -2.22. The maximum atomic E-state index is 7.87. The first-order valence-electron chi connectivity index (χ1n) is 17.8. The molecule has 4 nitrogen and oxygen atoms in total. The molecular weight excluding hydrogens is 645 g/mol. The molecule has 9 rings (SSSR count). The van der Waals surface area contributed by atoms with Gasteiger partial charge in [-0.15, -0.1) is 0 Å². The molecule has 0 saturated carbocycles. The lowest BCUT2D eigenvalue weighted by atomic mass is 9.81. The predicted molar refractivity (Wildman–Crippen MR) is 216 cm³/mol. The van der Waals surface area contributed by atoms with Crippen molar-refractivity contribution in [3.05, 3.63) is 193 Å². The van der Waals surface area contributed by atoms with Crippen molar-refractivity contribution in [1.82, 2.24) is 15.0 Å². The SMILES string of the molecule is [C-]#[N+]c1cccc2c1-c1ccc(-c3cc(-c4ccncc4)cc(-c4cc(-c5ccc(-c6ccccc6)cc5)nc(-c5ccccc5)n4)c3)cc1C2(C)C. The molecule has 1 aliphatic rings. The second-order valence-electron chi connectivity index (χ2n) is 14.0. The molecule has 4 heteroatoms. The summed E-state index contributed by atoms with van der Waals surface area (Å²) in [5.41, 5.74) is 16.4. The Morgan fingerprint density at radius 3 is 1.72 bits per heavy atom. The van der Waals surface area contributed by atoms with E-state index < -0.39 is 0 Å². The number of nitrogens with zero attached hydrogens (tertiary/aromatic N) is 4. The number of benzene rings is 6. The molecule has 2 aromatic heterocycles. The van der Waals surface area contributed by atoms with Gasteiger partial charge in [-0.2, -0.15) is 0 Å². The van der Waals surface area contributed by atoms with E-state index in [1.165, 1.54) is 16.7 Å². The van der Waals surface area contributed by atoms with Gasteiger partial charge in [0.2, 0.25) is 0 Å². The molecule has 53 heavy (non-hydrogen) atoms. The van der Waals surface area contributed by atoms with E-state index in [0.717, 1.165) is 67.0 Å². The Balaban J connectivity index is 1.21. The highest BCUT2D eigenvalue weighted by Crippen LogP contribution is 2.53. The quantitative estimate of drug-likeness (QED) is 0.164. The summed E-state index contributed by atoms with van der Waals surface area (Å²) in [7, 11) is 0. The predicted octanol–water partition coefficient (Wildman–Crippen LogP) is 12.7. The van der Waals surface area contributed by atoms with Crippen LogP contribution in [0, 0.1) is 6.57 Å². The lowest BCUT2D eigenvalue weighted by molar-refractivity contribution is 0.661. The first-order valence-corrected chi connectivity index (χ1v) is 17.8. The van der Waals surface area contributed by atoms with Crippen LogP contribution in [0.2, 0.25) is 0 Å². The second-order valence-corrected chi connectivity index (χ2v) is 14.0. The lowest BCUT2D eigenvalue weighted by Crippen LogP contribution is -2.14. The molecule has 8 aromatic rings. The molecule has 1 aliphatic carbocycles. The van der Waals surface area contributed by atoms with Crippen molar-refractivity contribution in [2.75, 3.05) is 0 Å². The maximum Gasteiger partial charge on any atom is 0.195 e. The Labute approximate surface area is 310 Å². The van der Waals surface area contributed by atoms with Gasteiger partial charge >= 0.3 is 0 Å². The van der Waals surface area contributed by atoms with Gasteiger partial charge in [0.1, 0.15) is 0 Å². The van der Waals surface area contributed by atoms with Crippen molar-refractivity contribution in [2.45, 2.75) is 19.3 Å². The minimum absolute atomic E-state index is 0.241. The highest BCUT2D eigenvalue weighted by Gasteiger charge is 2.36. The summed E-state index contributed by atoms with van der Waals surface area (Å²) < 4.78 is 0. The summed E-state index contributed by atoms with van der Waals surface area (Å²) in [5, 5.41) is 0. The standard InChI is InChI=1S/C49H34N4/c1-49(2)42-15-10-16-44(50-3)47(42)41-22-21-37(30-43(41)49)39-27-38(34-23-25-51-26-24-34)28-40(29-39)46-31-45(52-48(53-46)36-13-8-5-9-14-36)35-19-17-33(18-20-35)32-11-6-4-7-12-32/h4-31H,1-2H3. The first-order chi connectivity index (χ1) is 26.0. The van der Waals surface area contributed by atoms with Crippen molar-refractivity contribution >= 4 is 5.69 Å². The zero-order valence-electron chi connectivity index (χ0n) is 29.5. The van der Waals surface area contributed by atoms with Crippen LogP contribution in [0.1, 0.15) is 25.0 Å². The number of hydrogen-bond donors (Lipinski definition) is 0. The van der Waals surface area contributed by atoms with E-state index in [4.69, 9.17) is 16.5 Å². The minimum Gasteiger partial charge on any atom is -0.265 e. The number of aromatic nitrogens is 3. The van der Waals surface area contributed by atoms with Gasteiger partial charge in [0.15, 0.2) is 11.5 Å². The molecule has 0 bridgehead atoms. The van der Waals surface area contributed by atoms with E-state index >= 15 is 0 Å². The summed E-state index contributed by atoms with van der Waals surface area (Å²) in [6.07, 6.45) is 3.67. The number of pyridine rings is 1. The summed E-state index contributed by atoms with van der Waals surface area (Å²) >= 11 is 0. The molecule has 0 aliphatic heterocycles. The average Bonchev–Trinajstić information content (AvgIpc) is 3.47. The van der Waals surface area contributed by atoms with Crippen LogP contribution in [-0.2, 0) is 5.41 Å². The van der Waals surface area contributed by atoms with Crippen LogP contribution in [0.25, 0.3) is 83.3 Å². The normalized spacial score (nSPS) is 12.5. The molecule has 2 heterocycles. The molecule has 0 saturated heterocycles. The van der Waals surface area contributed by atoms with Crippen molar-refractivity contribution in [1.29, 1.82) is 0 Å². The van der Waals surface area contributed by atoms with E-state index in [0.29, 0.717) is 11.5 Å². The van der Waals surface area contributed by atoms with Gasteiger partial charge in [0.25, 0.3) is 0 Å². The zero-order chi connectivity index (χ0) is 35.9. The Hall–Kier alpha value is -6.96. The number of rotatable bonds is 6. The second kappa shape index (κ2) is 13.0. The van der Waals surface area contributed by atoms with Gasteiger partial charge in [-0.05, 0) is 98.1 Å². The van der Waals surface area contributed by atoms with Gasteiger partial charge in [-0.1, -0.05) is 129 Å². The van der Waals surface area contributed by atoms with E-state index in [1.54, 1.807) is 0 Å². The van der Waals surface area contributed by atoms with Crippen LogP contribution in [0.5, 0.6) is 0 Å². The Morgan fingerprint density at radius 2 is 1.02 bits per heavy atom. The Bertz CT molecular complexity index is 2670. The van der Waals surface area contributed by atoms with Crippen LogP contribution < -0.4 is 0 Å². The van der Waals surface area contributed by atoms with E-state index in [9.17, 15) is 0 Å².